The lowest BCUT2D eigenvalue weighted by atomic mass is 9.86. The van der Waals surface area contributed by atoms with Crippen LogP contribution in [0.3, 0.4) is 0 Å². The predicted molar refractivity (Wildman–Crippen MR) is 64.7 cm³/mol. The number of rotatable bonds is 4. The molecule has 0 saturated carbocycles. The maximum Gasteiger partial charge on any atom is 0.416 e. The van der Waals surface area contributed by atoms with Crippen LogP contribution in [0.4, 0.5) is 13.2 Å². The molecule has 3 N–H and O–H groups in total. The highest BCUT2D eigenvalue weighted by molar-refractivity contribution is 5.77. The number of nitrogens with two attached hydrogens (primary N) is 1. The van der Waals surface area contributed by atoms with E-state index in [0.29, 0.717) is 5.56 Å². The molecule has 19 heavy (non-hydrogen) atoms. The van der Waals surface area contributed by atoms with Crippen LogP contribution in [0.25, 0.3) is 0 Å². The minimum Gasteiger partial charge on any atom is -0.480 e. The Kier molecular flexibility index (Phi) is 4.25. The third kappa shape index (κ3) is 3.96. The number of halogens is 3. The van der Waals surface area contributed by atoms with E-state index in [1.165, 1.54) is 19.1 Å². The van der Waals surface area contributed by atoms with Gasteiger partial charge >= 0.3 is 12.1 Å². The fourth-order valence-corrected chi connectivity index (χ4v) is 1.86. The number of carbonyl (C=O) groups is 1. The molecule has 1 aromatic carbocycles. The van der Waals surface area contributed by atoms with Crippen molar-refractivity contribution in [3.05, 3.63) is 35.4 Å². The maximum atomic E-state index is 12.6. The Hall–Kier alpha value is -1.56. The standard InChI is InChI=1S/C13H16F3NO2/c1-8(7-12(2,17)11(18)19)9-4-3-5-10(6-9)13(14,15)16/h3-6,8H,7,17H2,1-2H3,(H,18,19). The third-order valence-corrected chi connectivity index (χ3v) is 3.00. The number of carboxylic acids is 1. The van der Waals surface area contributed by atoms with Gasteiger partial charge in [0, 0.05) is 0 Å². The molecular weight excluding hydrogens is 259 g/mol. The number of hydrogen-bond acceptors (Lipinski definition) is 2. The van der Waals surface area contributed by atoms with Crippen molar-refractivity contribution in [2.24, 2.45) is 5.73 Å². The largest absolute Gasteiger partial charge is 0.480 e. The monoisotopic (exact) mass is 275 g/mol. The molecule has 0 spiro atoms. The molecule has 0 fully saturated rings. The second-order valence-corrected chi connectivity index (χ2v) is 4.95. The summed E-state index contributed by atoms with van der Waals surface area (Å²) < 4.78 is 37.7. The Morgan fingerprint density at radius 2 is 2.00 bits per heavy atom. The molecule has 106 valence electrons. The molecule has 6 heteroatoms. The van der Waals surface area contributed by atoms with E-state index < -0.39 is 23.2 Å². The van der Waals surface area contributed by atoms with E-state index >= 15 is 0 Å². The lowest BCUT2D eigenvalue weighted by Crippen LogP contribution is -2.45. The highest BCUT2D eigenvalue weighted by atomic mass is 19.4. The van der Waals surface area contributed by atoms with E-state index in [2.05, 4.69) is 0 Å². The van der Waals surface area contributed by atoms with Gasteiger partial charge in [-0.25, -0.2) is 0 Å². The summed E-state index contributed by atoms with van der Waals surface area (Å²) in [6.07, 6.45) is -4.35. The molecule has 0 saturated heterocycles. The van der Waals surface area contributed by atoms with E-state index in [1.807, 2.05) is 0 Å². The van der Waals surface area contributed by atoms with Gasteiger partial charge in [-0.1, -0.05) is 25.1 Å². The van der Waals surface area contributed by atoms with Crippen LogP contribution in [0.5, 0.6) is 0 Å². The molecule has 0 amide bonds. The van der Waals surface area contributed by atoms with Gasteiger partial charge in [-0.15, -0.1) is 0 Å². The molecule has 0 heterocycles. The van der Waals surface area contributed by atoms with Crippen LogP contribution in [-0.2, 0) is 11.0 Å². The highest BCUT2D eigenvalue weighted by Gasteiger charge is 2.33. The fraction of sp³-hybridized carbons (Fsp3) is 0.462. The first kappa shape index (κ1) is 15.5. The molecule has 0 aromatic heterocycles. The van der Waals surface area contributed by atoms with Crippen molar-refractivity contribution in [3.63, 3.8) is 0 Å². The molecular formula is C13H16F3NO2. The summed E-state index contributed by atoms with van der Waals surface area (Å²) in [6.45, 7) is 3.00. The molecule has 3 nitrogen and oxygen atoms in total. The first-order valence-corrected chi connectivity index (χ1v) is 5.73. The van der Waals surface area contributed by atoms with Crippen LogP contribution in [0, 0.1) is 0 Å². The second kappa shape index (κ2) is 5.21. The predicted octanol–water partition coefficient (Wildman–Crippen LogP) is 3.00. The van der Waals surface area contributed by atoms with Crippen molar-refractivity contribution in [2.75, 3.05) is 0 Å². The minimum atomic E-state index is -4.41. The van der Waals surface area contributed by atoms with Crippen molar-refractivity contribution < 1.29 is 23.1 Å². The topological polar surface area (TPSA) is 63.3 Å². The molecule has 0 aliphatic rings. The van der Waals surface area contributed by atoms with Gasteiger partial charge in [0.1, 0.15) is 5.54 Å². The smallest absolute Gasteiger partial charge is 0.416 e. The molecule has 0 aliphatic carbocycles. The first-order chi connectivity index (χ1) is 8.54. The average molecular weight is 275 g/mol. The highest BCUT2D eigenvalue weighted by Crippen LogP contribution is 2.32. The quantitative estimate of drug-likeness (QED) is 0.887. The zero-order chi connectivity index (χ0) is 14.8. The lowest BCUT2D eigenvalue weighted by molar-refractivity contribution is -0.143. The van der Waals surface area contributed by atoms with Crippen molar-refractivity contribution in [3.8, 4) is 0 Å². The molecule has 0 radical (unpaired) electrons. The summed E-state index contributed by atoms with van der Waals surface area (Å²) >= 11 is 0. The molecule has 0 aliphatic heterocycles. The van der Waals surface area contributed by atoms with Crippen molar-refractivity contribution >= 4 is 5.97 Å². The van der Waals surface area contributed by atoms with E-state index in [4.69, 9.17) is 10.8 Å². The van der Waals surface area contributed by atoms with E-state index in [1.54, 1.807) is 6.92 Å². The van der Waals surface area contributed by atoms with Crippen molar-refractivity contribution in [2.45, 2.75) is 37.9 Å². The Balaban J connectivity index is 2.95. The zero-order valence-corrected chi connectivity index (χ0v) is 10.7. The Labute approximate surface area is 109 Å². The minimum absolute atomic E-state index is 0.0592. The van der Waals surface area contributed by atoms with Crippen LogP contribution in [0.15, 0.2) is 24.3 Å². The Morgan fingerprint density at radius 1 is 1.42 bits per heavy atom. The van der Waals surface area contributed by atoms with Gasteiger partial charge in [-0.05, 0) is 30.9 Å². The molecule has 2 atom stereocenters. The van der Waals surface area contributed by atoms with E-state index in [9.17, 15) is 18.0 Å². The van der Waals surface area contributed by atoms with Gasteiger partial charge in [0.15, 0.2) is 0 Å². The van der Waals surface area contributed by atoms with Gasteiger partial charge in [0.05, 0.1) is 5.56 Å². The van der Waals surface area contributed by atoms with Crippen LogP contribution < -0.4 is 5.73 Å². The van der Waals surface area contributed by atoms with Gasteiger partial charge in [0.25, 0.3) is 0 Å². The summed E-state index contributed by atoms with van der Waals surface area (Å²) in [5.74, 6) is -1.56. The lowest BCUT2D eigenvalue weighted by Gasteiger charge is -2.24. The first-order valence-electron chi connectivity index (χ1n) is 5.73. The third-order valence-electron chi connectivity index (χ3n) is 3.00. The average Bonchev–Trinajstić information content (AvgIpc) is 2.27. The number of benzene rings is 1. The fourth-order valence-electron chi connectivity index (χ4n) is 1.86. The SMILES string of the molecule is CC(CC(C)(N)C(=O)O)c1cccc(C(F)(F)F)c1. The van der Waals surface area contributed by atoms with Gasteiger partial charge in [-0.3, -0.25) is 4.79 Å². The molecule has 0 bridgehead atoms. The van der Waals surface area contributed by atoms with Crippen LogP contribution in [0.2, 0.25) is 0 Å². The summed E-state index contributed by atoms with van der Waals surface area (Å²) in [4.78, 5) is 10.9. The second-order valence-electron chi connectivity index (χ2n) is 4.95. The molecule has 1 aromatic rings. The van der Waals surface area contributed by atoms with Crippen molar-refractivity contribution in [1.82, 2.24) is 0 Å². The van der Waals surface area contributed by atoms with Gasteiger partial charge in [-0.2, -0.15) is 13.2 Å². The molecule has 1 rings (SSSR count). The maximum absolute atomic E-state index is 12.6. The van der Waals surface area contributed by atoms with Gasteiger partial charge in [0.2, 0.25) is 0 Å². The Morgan fingerprint density at radius 3 is 2.47 bits per heavy atom. The van der Waals surface area contributed by atoms with E-state index in [0.717, 1.165) is 12.1 Å². The number of alkyl halides is 3. The molecule has 2 unspecified atom stereocenters. The summed E-state index contributed by atoms with van der Waals surface area (Å²) in [5, 5.41) is 8.92. The number of hydrogen-bond donors (Lipinski definition) is 2. The summed E-state index contributed by atoms with van der Waals surface area (Å²) in [7, 11) is 0. The van der Waals surface area contributed by atoms with Crippen molar-refractivity contribution in [1.29, 1.82) is 0 Å². The number of aliphatic carboxylic acids is 1. The van der Waals surface area contributed by atoms with Crippen LogP contribution in [-0.4, -0.2) is 16.6 Å². The van der Waals surface area contributed by atoms with Crippen LogP contribution in [0.1, 0.15) is 37.3 Å². The summed E-state index contributed by atoms with van der Waals surface area (Å²) in [5.41, 5.74) is 3.81. The van der Waals surface area contributed by atoms with E-state index in [-0.39, 0.29) is 12.3 Å². The van der Waals surface area contributed by atoms with Gasteiger partial charge < -0.3 is 10.8 Å². The van der Waals surface area contributed by atoms with Crippen LogP contribution >= 0.6 is 0 Å². The number of carboxylic acid groups (broad SMARTS) is 1. The Bertz CT molecular complexity index is 469. The zero-order valence-electron chi connectivity index (χ0n) is 10.7. The summed E-state index contributed by atoms with van der Waals surface area (Å²) in [6, 6.07) is 4.86. The normalized spacial score (nSPS) is 16.7.